The average Bonchev–Trinajstić information content (AvgIpc) is 3.15. The second-order valence-corrected chi connectivity index (χ2v) is 8.41. The van der Waals surface area contributed by atoms with Gasteiger partial charge in [-0.1, -0.05) is 6.92 Å². The number of hydrogen-bond donors (Lipinski definition) is 0. The van der Waals surface area contributed by atoms with Gasteiger partial charge in [-0.05, 0) is 38.1 Å². The quantitative estimate of drug-likeness (QED) is 0.653. The Bertz CT molecular complexity index is 552. The van der Waals surface area contributed by atoms with Crippen molar-refractivity contribution in [2.75, 3.05) is 58.9 Å². The van der Waals surface area contributed by atoms with Crippen molar-refractivity contribution in [1.29, 1.82) is 0 Å². The monoisotopic (exact) mass is 392 g/mol. The zero-order valence-corrected chi connectivity index (χ0v) is 17.4. The summed E-state index contributed by atoms with van der Waals surface area (Å²) in [5.74, 6) is 1.20. The number of likely N-dealkylation sites (N-methyl/N-ethyl adjacent to an activating group) is 1. The molecular formula is C21H36N4O3. The molecule has 0 aromatic heterocycles. The van der Waals surface area contributed by atoms with Gasteiger partial charge in [0.1, 0.15) is 0 Å². The molecule has 3 amide bonds. The summed E-state index contributed by atoms with van der Waals surface area (Å²) in [7, 11) is 0. The molecule has 7 nitrogen and oxygen atoms in total. The number of amides is 3. The van der Waals surface area contributed by atoms with Gasteiger partial charge in [0.25, 0.3) is 0 Å². The standard InChI is InChI=1S/C21H36N4O3/c1-2-22-14-16-25(17-15-22)20(27)6-5-18-7-11-24(12-8-18)21(28)9-13-23-10-3-4-19(23)26/h18H,2-17H2,1H3. The van der Waals surface area contributed by atoms with Crippen molar-refractivity contribution in [2.24, 2.45) is 5.92 Å². The summed E-state index contributed by atoms with van der Waals surface area (Å²) < 4.78 is 0. The molecule has 0 atom stereocenters. The van der Waals surface area contributed by atoms with E-state index in [1.54, 1.807) is 0 Å². The average molecular weight is 393 g/mol. The van der Waals surface area contributed by atoms with Crippen LogP contribution < -0.4 is 0 Å². The lowest BCUT2D eigenvalue weighted by Gasteiger charge is -2.35. The van der Waals surface area contributed by atoms with Crippen LogP contribution in [-0.4, -0.2) is 96.2 Å². The molecule has 3 saturated heterocycles. The highest BCUT2D eigenvalue weighted by Crippen LogP contribution is 2.23. The minimum Gasteiger partial charge on any atom is -0.343 e. The minimum atomic E-state index is 0.169. The van der Waals surface area contributed by atoms with Gasteiger partial charge in [0.15, 0.2) is 0 Å². The number of likely N-dealkylation sites (tertiary alicyclic amines) is 2. The van der Waals surface area contributed by atoms with Gasteiger partial charge in [0.2, 0.25) is 17.7 Å². The van der Waals surface area contributed by atoms with E-state index in [1.807, 2.05) is 14.7 Å². The predicted octanol–water partition coefficient (Wildman–Crippen LogP) is 1.18. The predicted molar refractivity (Wildman–Crippen MR) is 108 cm³/mol. The van der Waals surface area contributed by atoms with Gasteiger partial charge in [0, 0.05) is 71.6 Å². The molecule has 3 fully saturated rings. The Hall–Kier alpha value is -1.63. The van der Waals surface area contributed by atoms with Crippen LogP contribution in [0.4, 0.5) is 0 Å². The third-order valence-electron chi connectivity index (χ3n) is 6.67. The van der Waals surface area contributed by atoms with Crippen molar-refractivity contribution >= 4 is 17.7 Å². The Morgan fingerprint density at radius 3 is 2.14 bits per heavy atom. The third kappa shape index (κ3) is 5.69. The summed E-state index contributed by atoms with van der Waals surface area (Å²) in [5.41, 5.74) is 0. The molecular weight excluding hydrogens is 356 g/mol. The summed E-state index contributed by atoms with van der Waals surface area (Å²) in [6.07, 6.45) is 5.56. The van der Waals surface area contributed by atoms with Gasteiger partial charge >= 0.3 is 0 Å². The Balaban J connectivity index is 1.30. The zero-order valence-electron chi connectivity index (χ0n) is 17.4. The minimum absolute atomic E-state index is 0.169. The van der Waals surface area contributed by atoms with Crippen LogP contribution in [0.1, 0.15) is 51.9 Å². The first kappa shape index (κ1) is 21.1. The first-order chi connectivity index (χ1) is 13.6. The molecule has 28 heavy (non-hydrogen) atoms. The summed E-state index contributed by atoms with van der Waals surface area (Å²) in [6.45, 7) is 9.89. The molecule has 3 aliphatic rings. The molecule has 158 valence electrons. The van der Waals surface area contributed by atoms with E-state index in [9.17, 15) is 14.4 Å². The molecule has 0 aliphatic carbocycles. The van der Waals surface area contributed by atoms with Gasteiger partial charge in [-0.15, -0.1) is 0 Å². The molecule has 3 heterocycles. The maximum atomic E-state index is 12.5. The Morgan fingerprint density at radius 2 is 1.54 bits per heavy atom. The lowest BCUT2D eigenvalue weighted by atomic mass is 9.91. The van der Waals surface area contributed by atoms with Crippen LogP contribution in [0.2, 0.25) is 0 Å². The van der Waals surface area contributed by atoms with Crippen LogP contribution in [0.3, 0.4) is 0 Å². The Kier molecular flexibility index (Phi) is 7.71. The fourth-order valence-corrected chi connectivity index (χ4v) is 4.60. The van der Waals surface area contributed by atoms with Crippen molar-refractivity contribution in [3.63, 3.8) is 0 Å². The SMILES string of the molecule is CCN1CCN(C(=O)CCC2CCN(C(=O)CCN3CCCC3=O)CC2)CC1. The number of carbonyl (C=O) groups is 3. The van der Waals surface area contributed by atoms with Crippen molar-refractivity contribution in [3.05, 3.63) is 0 Å². The molecule has 0 saturated carbocycles. The second kappa shape index (κ2) is 10.2. The van der Waals surface area contributed by atoms with Gasteiger partial charge in [-0.25, -0.2) is 0 Å². The fourth-order valence-electron chi connectivity index (χ4n) is 4.60. The van der Waals surface area contributed by atoms with E-state index in [1.165, 1.54) is 0 Å². The van der Waals surface area contributed by atoms with Crippen molar-refractivity contribution in [3.8, 4) is 0 Å². The third-order valence-corrected chi connectivity index (χ3v) is 6.67. The lowest BCUT2D eigenvalue weighted by Crippen LogP contribution is -2.48. The molecule has 0 bridgehead atoms. The smallest absolute Gasteiger partial charge is 0.224 e. The van der Waals surface area contributed by atoms with E-state index in [0.29, 0.717) is 37.6 Å². The Morgan fingerprint density at radius 1 is 0.893 bits per heavy atom. The lowest BCUT2D eigenvalue weighted by molar-refractivity contribution is -0.135. The van der Waals surface area contributed by atoms with Crippen molar-refractivity contribution in [2.45, 2.75) is 51.9 Å². The number of nitrogens with zero attached hydrogens (tertiary/aromatic N) is 4. The molecule has 3 aliphatic heterocycles. The highest BCUT2D eigenvalue weighted by Gasteiger charge is 2.26. The number of hydrogen-bond acceptors (Lipinski definition) is 4. The van der Waals surface area contributed by atoms with Crippen LogP contribution in [0, 0.1) is 5.92 Å². The first-order valence-electron chi connectivity index (χ1n) is 11.1. The number of carbonyl (C=O) groups excluding carboxylic acids is 3. The van der Waals surface area contributed by atoms with Gasteiger partial charge in [-0.2, -0.15) is 0 Å². The first-order valence-corrected chi connectivity index (χ1v) is 11.1. The molecule has 0 N–H and O–H groups in total. The van der Waals surface area contributed by atoms with E-state index in [0.717, 1.165) is 78.0 Å². The van der Waals surface area contributed by atoms with Crippen LogP contribution in [0.15, 0.2) is 0 Å². The summed E-state index contributed by atoms with van der Waals surface area (Å²) in [4.78, 5) is 44.7. The largest absolute Gasteiger partial charge is 0.343 e. The highest BCUT2D eigenvalue weighted by atomic mass is 16.2. The van der Waals surface area contributed by atoms with E-state index in [2.05, 4.69) is 11.8 Å². The summed E-state index contributed by atoms with van der Waals surface area (Å²) in [5, 5.41) is 0. The van der Waals surface area contributed by atoms with Crippen molar-refractivity contribution < 1.29 is 14.4 Å². The molecule has 0 aromatic rings. The Labute approximate surface area is 169 Å². The molecule has 7 heteroatoms. The van der Waals surface area contributed by atoms with E-state index in [4.69, 9.17) is 0 Å². The normalized spacial score (nSPS) is 22.2. The summed E-state index contributed by atoms with van der Waals surface area (Å²) in [6, 6.07) is 0. The second-order valence-electron chi connectivity index (χ2n) is 8.41. The maximum Gasteiger partial charge on any atom is 0.224 e. The van der Waals surface area contributed by atoms with Gasteiger partial charge in [0.05, 0.1) is 0 Å². The van der Waals surface area contributed by atoms with Crippen LogP contribution in [0.5, 0.6) is 0 Å². The van der Waals surface area contributed by atoms with E-state index in [-0.39, 0.29) is 11.8 Å². The van der Waals surface area contributed by atoms with Gasteiger partial charge in [-0.3, -0.25) is 14.4 Å². The molecule has 0 radical (unpaired) electrons. The van der Waals surface area contributed by atoms with E-state index >= 15 is 0 Å². The van der Waals surface area contributed by atoms with Crippen LogP contribution in [0.25, 0.3) is 0 Å². The number of piperidine rings is 1. The molecule has 0 unspecified atom stereocenters. The summed E-state index contributed by atoms with van der Waals surface area (Å²) >= 11 is 0. The zero-order chi connectivity index (χ0) is 19.9. The topological polar surface area (TPSA) is 64.2 Å². The highest BCUT2D eigenvalue weighted by molar-refractivity contribution is 5.80. The van der Waals surface area contributed by atoms with Gasteiger partial charge < -0.3 is 19.6 Å². The molecule has 0 aromatic carbocycles. The number of piperazine rings is 1. The molecule has 0 spiro atoms. The van der Waals surface area contributed by atoms with Crippen molar-refractivity contribution in [1.82, 2.24) is 19.6 Å². The molecule has 3 rings (SSSR count). The van der Waals surface area contributed by atoms with Crippen LogP contribution in [-0.2, 0) is 14.4 Å². The van der Waals surface area contributed by atoms with E-state index < -0.39 is 0 Å². The fraction of sp³-hybridized carbons (Fsp3) is 0.857. The number of rotatable bonds is 7. The van der Waals surface area contributed by atoms with Crippen LogP contribution >= 0.6 is 0 Å². The maximum absolute atomic E-state index is 12.5.